The van der Waals surface area contributed by atoms with E-state index in [1.807, 2.05) is 30.9 Å². The van der Waals surface area contributed by atoms with Gasteiger partial charge in [-0.1, -0.05) is 6.07 Å². The van der Waals surface area contributed by atoms with Gasteiger partial charge in [0.1, 0.15) is 17.5 Å². The van der Waals surface area contributed by atoms with Crippen LogP contribution >= 0.6 is 0 Å². The van der Waals surface area contributed by atoms with Gasteiger partial charge in [0, 0.05) is 19.3 Å². The molecule has 0 aliphatic carbocycles. The number of carbonyl (C=O) groups is 2. The van der Waals surface area contributed by atoms with Gasteiger partial charge in [0.2, 0.25) is 5.91 Å². The molecule has 28 heavy (non-hydrogen) atoms. The lowest BCUT2D eigenvalue weighted by Crippen LogP contribution is -2.48. The molecule has 1 saturated heterocycles. The number of nitrogens with zero attached hydrogens (tertiary/aromatic N) is 3. The van der Waals surface area contributed by atoms with Crippen LogP contribution in [0.5, 0.6) is 5.75 Å². The third kappa shape index (κ3) is 5.12. The summed E-state index contributed by atoms with van der Waals surface area (Å²) < 4.78 is 7.31. The quantitative estimate of drug-likeness (QED) is 0.831. The van der Waals surface area contributed by atoms with E-state index in [1.54, 1.807) is 23.9 Å². The minimum Gasteiger partial charge on any atom is -0.471 e. The van der Waals surface area contributed by atoms with E-state index in [2.05, 4.69) is 16.5 Å². The molecule has 7 nitrogen and oxygen atoms in total. The summed E-state index contributed by atoms with van der Waals surface area (Å²) in [5, 5.41) is 7.00. The van der Waals surface area contributed by atoms with Gasteiger partial charge in [0.05, 0.1) is 0 Å². The third-order valence-corrected chi connectivity index (χ3v) is 4.82. The number of aryl methyl sites for hydroxylation is 2. The molecule has 1 fully saturated rings. The predicted molar refractivity (Wildman–Crippen MR) is 106 cm³/mol. The second-order valence-corrected chi connectivity index (χ2v) is 7.42. The van der Waals surface area contributed by atoms with Crippen molar-refractivity contribution in [3.8, 4) is 5.75 Å². The van der Waals surface area contributed by atoms with Crippen LogP contribution in [-0.2, 0) is 11.5 Å². The second-order valence-electron chi connectivity index (χ2n) is 7.42. The van der Waals surface area contributed by atoms with Crippen molar-refractivity contribution in [2.45, 2.75) is 52.8 Å². The van der Waals surface area contributed by atoms with Crippen LogP contribution in [0.3, 0.4) is 0 Å². The lowest BCUT2D eigenvalue weighted by atomic mass is 10.1. The van der Waals surface area contributed by atoms with E-state index in [4.69, 9.17) is 4.74 Å². The maximum atomic E-state index is 12.5. The van der Waals surface area contributed by atoms with Gasteiger partial charge in [0.25, 0.3) is 5.91 Å². The van der Waals surface area contributed by atoms with Crippen molar-refractivity contribution >= 4 is 11.8 Å². The zero-order valence-corrected chi connectivity index (χ0v) is 16.8. The number of hydrogen-bond acceptors (Lipinski definition) is 4. The number of ether oxygens (including phenoxy) is 1. The highest BCUT2D eigenvalue weighted by Crippen LogP contribution is 2.16. The van der Waals surface area contributed by atoms with Gasteiger partial charge in [-0.05, 0) is 69.4 Å². The lowest BCUT2D eigenvalue weighted by molar-refractivity contribution is -0.133. The van der Waals surface area contributed by atoms with Crippen LogP contribution < -0.4 is 10.1 Å². The standard InChI is InChI=1S/C21H28N4O3/c1-15-11-16(2)13-18(12-15)28-14-25-10-7-19(23-25)20(26)22-17(3)21(27)24-8-5-4-6-9-24/h7,10-13,17H,4-6,8-9,14H2,1-3H3,(H,22,26). The highest BCUT2D eigenvalue weighted by atomic mass is 16.5. The average molecular weight is 384 g/mol. The molecule has 1 aliphatic heterocycles. The lowest BCUT2D eigenvalue weighted by Gasteiger charge is -2.29. The van der Waals surface area contributed by atoms with Crippen LogP contribution in [-0.4, -0.2) is 45.6 Å². The van der Waals surface area contributed by atoms with Gasteiger partial charge in [-0.15, -0.1) is 0 Å². The monoisotopic (exact) mass is 384 g/mol. The molecule has 2 amide bonds. The first-order valence-corrected chi connectivity index (χ1v) is 9.76. The molecule has 1 aromatic carbocycles. The smallest absolute Gasteiger partial charge is 0.272 e. The molecular weight excluding hydrogens is 356 g/mol. The summed E-state index contributed by atoms with van der Waals surface area (Å²) in [5.74, 6) is 0.369. The number of nitrogens with one attached hydrogen (secondary N) is 1. The maximum Gasteiger partial charge on any atom is 0.272 e. The Bertz CT molecular complexity index is 820. The summed E-state index contributed by atoms with van der Waals surface area (Å²) in [5.41, 5.74) is 2.52. The Balaban J connectivity index is 1.53. The molecule has 0 spiro atoms. The first kappa shape index (κ1) is 19.9. The number of carbonyl (C=O) groups excluding carboxylic acids is 2. The predicted octanol–water partition coefficient (Wildman–Crippen LogP) is 2.67. The van der Waals surface area contributed by atoms with Gasteiger partial charge in [0.15, 0.2) is 6.73 Å². The summed E-state index contributed by atoms with van der Waals surface area (Å²) >= 11 is 0. The van der Waals surface area contributed by atoms with Crippen LogP contribution in [0.1, 0.15) is 47.8 Å². The first-order chi connectivity index (χ1) is 13.4. The highest BCUT2D eigenvalue weighted by molar-refractivity contribution is 5.95. The fraction of sp³-hybridized carbons (Fsp3) is 0.476. The van der Waals surface area contributed by atoms with Crippen molar-refractivity contribution in [3.63, 3.8) is 0 Å². The van der Waals surface area contributed by atoms with Crippen molar-refractivity contribution in [3.05, 3.63) is 47.3 Å². The van der Waals surface area contributed by atoms with Gasteiger partial charge in [-0.3, -0.25) is 9.59 Å². The Morgan fingerprint density at radius 1 is 1.14 bits per heavy atom. The molecule has 1 unspecified atom stereocenters. The summed E-state index contributed by atoms with van der Waals surface area (Å²) in [7, 11) is 0. The molecule has 3 rings (SSSR count). The molecule has 1 aromatic heterocycles. The number of piperidine rings is 1. The fourth-order valence-electron chi connectivity index (χ4n) is 3.43. The van der Waals surface area contributed by atoms with E-state index >= 15 is 0 Å². The number of aromatic nitrogens is 2. The topological polar surface area (TPSA) is 76.5 Å². The normalized spacial score (nSPS) is 15.2. The van der Waals surface area contributed by atoms with Crippen LogP contribution in [0.25, 0.3) is 0 Å². The van der Waals surface area contributed by atoms with Gasteiger partial charge in [-0.2, -0.15) is 5.10 Å². The zero-order valence-electron chi connectivity index (χ0n) is 16.8. The van der Waals surface area contributed by atoms with Crippen LogP contribution in [0.4, 0.5) is 0 Å². The van der Waals surface area contributed by atoms with Crippen molar-refractivity contribution in [1.82, 2.24) is 20.0 Å². The van der Waals surface area contributed by atoms with E-state index in [1.165, 1.54) is 0 Å². The first-order valence-electron chi connectivity index (χ1n) is 9.76. The molecular formula is C21H28N4O3. The van der Waals surface area contributed by atoms with Gasteiger partial charge in [-0.25, -0.2) is 4.68 Å². The number of rotatable bonds is 6. The van der Waals surface area contributed by atoms with Crippen molar-refractivity contribution < 1.29 is 14.3 Å². The molecule has 1 N–H and O–H groups in total. The summed E-state index contributed by atoms with van der Waals surface area (Å²) in [6.45, 7) is 7.49. The number of hydrogen-bond donors (Lipinski definition) is 1. The molecule has 2 aromatic rings. The Morgan fingerprint density at radius 3 is 2.50 bits per heavy atom. The maximum absolute atomic E-state index is 12.5. The summed E-state index contributed by atoms with van der Waals surface area (Å²) in [4.78, 5) is 26.7. The minimum atomic E-state index is -0.567. The van der Waals surface area contributed by atoms with E-state index in [0.29, 0.717) is 0 Å². The molecule has 150 valence electrons. The molecule has 0 bridgehead atoms. The SMILES string of the molecule is Cc1cc(C)cc(OCn2ccc(C(=O)NC(C)C(=O)N3CCCCC3)n2)c1. The Labute approximate surface area is 165 Å². The summed E-state index contributed by atoms with van der Waals surface area (Å²) in [6, 6.07) is 7.05. The van der Waals surface area contributed by atoms with Crippen LogP contribution in [0.15, 0.2) is 30.5 Å². The van der Waals surface area contributed by atoms with E-state index in [0.717, 1.165) is 49.2 Å². The largest absolute Gasteiger partial charge is 0.471 e. The van der Waals surface area contributed by atoms with Crippen LogP contribution in [0, 0.1) is 13.8 Å². The second kappa shape index (κ2) is 8.91. The third-order valence-electron chi connectivity index (χ3n) is 4.82. The molecule has 0 saturated carbocycles. The van der Waals surface area contributed by atoms with E-state index < -0.39 is 6.04 Å². The molecule has 1 atom stereocenters. The highest BCUT2D eigenvalue weighted by Gasteiger charge is 2.24. The van der Waals surface area contributed by atoms with Gasteiger partial charge < -0.3 is 15.0 Å². The number of benzene rings is 1. The average Bonchev–Trinajstić information content (AvgIpc) is 3.15. The molecule has 1 aliphatic rings. The summed E-state index contributed by atoms with van der Waals surface area (Å²) in [6.07, 6.45) is 4.90. The Morgan fingerprint density at radius 2 is 1.82 bits per heavy atom. The molecule has 2 heterocycles. The number of likely N-dealkylation sites (tertiary alicyclic amines) is 1. The van der Waals surface area contributed by atoms with Crippen molar-refractivity contribution in [2.24, 2.45) is 0 Å². The Hall–Kier alpha value is -2.83. The van der Waals surface area contributed by atoms with Gasteiger partial charge >= 0.3 is 0 Å². The molecule has 0 radical (unpaired) electrons. The minimum absolute atomic E-state index is 0.0365. The fourth-order valence-corrected chi connectivity index (χ4v) is 3.43. The number of amides is 2. The van der Waals surface area contributed by atoms with Crippen molar-refractivity contribution in [2.75, 3.05) is 13.1 Å². The zero-order chi connectivity index (χ0) is 20.1. The molecule has 7 heteroatoms. The van der Waals surface area contributed by atoms with Crippen molar-refractivity contribution in [1.29, 1.82) is 0 Å². The van der Waals surface area contributed by atoms with Crippen LogP contribution in [0.2, 0.25) is 0 Å². The Kier molecular flexibility index (Phi) is 6.34. The van der Waals surface area contributed by atoms with E-state index in [9.17, 15) is 9.59 Å². The van der Waals surface area contributed by atoms with E-state index in [-0.39, 0.29) is 24.2 Å².